The van der Waals surface area contributed by atoms with Gasteiger partial charge in [-0.1, -0.05) is 6.07 Å². The smallest absolute Gasteiger partial charge is 0.160 e. The van der Waals surface area contributed by atoms with E-state index < -0.39 is 0 Å². The summed E-state index contributed by atoms with van der Waals surface area (Å²) in [6, 6.07) is 4.24. The Hall–Kier alpha value is -0.740. The lowest BCUT2D eigenvalue weighted by molar-refractivity contribution is 0.143. The predicted octanol–water partition coefficient (Wildman–Crippen LogP) is 2.80. The lowest BCUT2D eigenvalue weighted by Gasteiger charge is -2.43. The molecule has 1 fully saturated rings. The quantitative estimate of drug-likeness (QED) is 0.724. The SMILES string of the molecule is Br.CN1CCCC2c3ccc(O)c(O)c3CCC21. The van der Waals surface area contributed by atoms with Gasteiger partial charge < -0.3 is 15.1 Å². The summed E-state index contributed by atoms with van der Waals surface area (Å²) >= 11 is 0. The van der Waals surface area contributed by atoms with E-state index in [-0.39, 0.29) is 28.5 Å². The van der Waals surface area contributed by atoms with E-state index in [9.17, 15) is 10.2 Å². The molecule has 0 spiro atoms. The molecule has 3 rings (SSSR count). The summed E-state index contributed by atoms with van der Waals surface area (Å²) in [7, 11) is 2.20. The zero-order valence-corrected chi connectivity index (χ0v) is 12.3. The van der Waals surface area contributed by atoms with Gasteiger partial charge in [-0.15, -0.1) is 17.0 Å². The molecule has 2 aliphatic rings. The van der Waals surface area contributed by atoms with Crippen molar-refractivity contribution in [2.24, 2.45) is 0 Å². The number of hydrogen-bond acceptors (Lipinski definition) is 3. The second kappa shape index (κ2) is 5.10. The first-order valence-electron chi connectivity index (χ1n) is 6.42. The molecule has 2 N–H and O–H groups in total. The Morgan fingerprint density at radius 1 is 1.22 bits per heavy atom. The molecule has 1 aliphatic heterocycles. The van der Waals surface area contributed by atoms with Gasteiger partial charge in [-0.2, -0.15) is 0 Å². The minimum absolute atomic E-state index is 0. The van der Waals surface area contributed by atoms with Crippen LogP contribution in [0.25, 0.3) is 0 Å². The second-order valence-corrected chi connectivity index (χ2v) is 5.34. The van der Waals surface area contributed by atoms with Crippen LogP contribution < -0.4 is 0 Å². The average Bonchev–Trinajstić information content (AvgIpc) is 2.34. The molecule has 1 aliphatic carbocycles. The number of likely N-dealkylation sites (tertiary alicyclic amines) is 1. The molecule has 2 atom stereocenters. The van der Waals surface area contributed by atoms with Crippen LogP contribution in [-0.2, 0) is 6.42 Å². The number of aromatic hydroxyl groups is 2. The summed E-state index contributed by atoms with van der Waals surface area (Å²) in [5, 5.41) is 19.5. The third kappa shape index (κ3) is 2.01. The molecule has 1 aromatic rings. The summed E-state index contributed by atoms with van der Waals surface area (Å²) < 4.78 is 0. The third-order valence-electron chi connectivity index (χ3n) is 4.44. The zero-order chi connectivity index (χ0) is 12.0. The molecule has 1 saturated heterocycles. The molecule has 0 aromatic heterocycles. The maximum absolute atomic E-state index is 9.94. The van der Waals surface area contributed by atoms with Crippen molar-refractivity contribution in [2.45, 2.75) is 37.6 Å². The van der Waals surface area contributed by atoms with E-state index >= 15 is 0 Å². The van der Waals surface area contributed by atoms with Crippen molar-refractivity contribution >= 4 is 17.0 Å². The summed E-state index contributed by atoms with van der Waals surface area (Å²) in [5.74, 6) is 0.657. The summed E-state index contributed by atoms with van der Waals surface area (Å²) in [6.07, 6.45) is 4.39. The van der Waals surface area contributed by atoms with Gasteiger partial charge in [0.05, 0.1) is 0 Å². The van der Waals surface area contributed by atoms with Crippen molar-refractivity contribution in [3.05, 3.63) is 23.3 Å². The summed E-state index contributed by atoms with van der Waals surface area (Å²) in [5.41, 5.74) is 2.23. The number of hydrogen-bond donors (Lipinski definition) is 2. The Balaban J connectivity index is 0.00000120. The second-order valence-electron chi connectivity index (χ2n) is 5.34. The Morgan fingerprint density at radius 3 is 2.78 bits per heavy atom. The molecule has 0 radical (unpaired) electrons. The van der Waals surface area contributed by atoms with Crippen LogP contribution in [0.15, 0.2) is 12.1 Å². The van der Waals surface area contributed by atoms with Crippen LogP contribution in [0.4, 0.5) is 0 Å². The highest BCUT2D eigenvalue weighted by Crippen LogP contribution is 2.45. The molecular weight excluding hydrogens is 294 g/mol. The van der Waals surface area contributed by atoms with Gasteiger partial charge in [0.2, 0.25) is 0 Å². The zero-order valence-electron chi connectivity index (χ0n) is 10.6. The number of piperidine rings is 1. The fourth-order valence-corrected chi connectivity index (χ4v) is 3.55. The van der Waals surface area contributed by atoms with E-state index in [0.717, 1.165) is 18.4 Å². The number of halogens is 1. The Bertz CT molecular complexity index is 450. The minimum Gasteiger partial charge on any atom is -0.504 e. The molecule has 4 heteroatoms. The first-order valence-corrected chi connectivity index (χ1v) is 6.42. The van der Waals surface area contributed by atoms with Gasteiger partial charge in [0.15, 0.2) is 11.5 Å². The van der Waals surface area contributed by atoms with Crippen LogP contribution in [0.2, 0.25) is 0 Å². The lowest BCUT2D eigenvalue weighted by Crippen LogP contribution is -2.43. The van der Waals surface area contributed by atoms with Crippen LogP contribution in [-0.4, -0.2) is 34.7 Å². The molecule has 0 saturated carbocycles. The van der Waals surface area contributed by atoms with E-state index in [4.69, 9.17) is 0 Å². The fraction of sp³-hybridized carbons (Fsp3) is 0.571. The first-order chi connectivity index (χ1) is 8.18. The fourth-order valence-electron chi connectivity index (χ4n) is 3.55. The van der Waals surface area contributed by atoms with Gasteiger partial charge in [0, 0.05) is 11.6 Å². The highest BCUT2D eigenvalue weighted by Gasteiger charge is 2.35. The average molecular weight is 314 g/mol. The number of nitrogens with zero attached hydrogens (tertiary/aromatic N) is 1. The van der Waals surface area contributed by atoms with Crippen LogP contribution in [0.1, 0.15) is 36.3 Å². The molecule has 2 unspecified atom stereocenters. The number of phenols is 2. The monoisotopic (exact) mass is 313 g/mol. The normalized spacial score (nSPS) is 26.9. The van der Waals surface area contributed by atoms with Gasteiger partial charge in [0.1, 0.15) is 0 Å². The van der Waals surface area contributed by atoms with Crippen molar-refractivity contribution in [1.82, 2.24) is 4.90 Å². The summed E-state index contributed by atoms with van der Waals surface area (Å²) in [6.45, 7) is 1.18. The Morgan fingerprint density at radius 2 is 2.00 bits per heavy atom. The molecule has 1 aromatic carbocycles. The predicted molar refractivity (Wildman–Crippen MR) is 76.8 cm³/mol. The number of rotatable bonds is 0. The minimum atomic E-state index is 0. The lowest BCUT2D eigenvalue weighted by atomic mass is 9.74. The van der Waals surface area contributed by atoms with Gasteiger partial charge >= 0.3 is 0 Å². The largest absolute Gasteiger partial charge is 0.504 e. The van der Waals surface area contributed by atoms with Crippen LogP contribution >= 0.6 is 17.0 Å². The molecule has 1 heterocycles. The molecule has 3 nitrogen and oxygen atoms in total. The highest BCUT2D eigenvalue weighted by atomic mass is 79.9. The molecule has 0 amide bonds. The van der Waals surface area contributed by atoms with Crippen molar-refractivity contribution in [3.63, 3.8) is 0 Å². The van der Waals surface area contributed by atoms with Crippen LogP contribution in [0, 0.1) is 0 Å². The highest BCUT2D eigenvalue weighted by molar-refractivity contribution is 8.93. The van der Waals surface area contributed by atoms with Crippen molar-refractivity contribution in [1.29, 1.82) is 0 Å². The molecular formula is C14H20BrNO2. The van der Waals surface area contributed by atoms with Gasteiger partial charge in [-0.25, -0.2) is 0 Å². The Kier molecular flexibility index (Phi) is 3.87. The van der Waals surface area contributed by atoms with Crippen LogP contribution in [0.3, 0.4) is 0 Å². The standard InChI is InChI=1S/C14H19NO2.BrH/c1-15-8-2-3-10-9-5-7-13(16)14(17)11(9)4-6-12(10)15;/h5,7,10,12,16-17H,2-4,6,8H2,1H3;1H. The topological polar surface area (TPSA) is 43.7 Å². The Labute approximate surface area is 118 Å². The van der Waals surface area contributed by atoms with Gasteiger partial charge in [0.25, 0.3) is 0 Å². The maximum Gasteiger partial charge on any atom is 0.160 e. The van der Waals surface area contributed by atoms with Crippen molar-refractivity contribution in [2.75, 3.05) is 13.6 Å². The number of benzene rings is 1. The van der Waals surface area contributed by atoms with Gasteiger partial charge in [-0.3, -0.25) is 0 Å². The van der Waals surface area contributed by atoms with Crippen molar-refractivity contribution in [3.8, 4) is 11.5 Å². The van der Waals surface area contributed by atoms with E-state index in [0.29, 0.717) is 12.0 Å². The maximum atomic E-state index is 9.94. The van der Waals surface area contributed by atoms with Crippen molar-refractivity contribution < 1.29 is 10.2 Å². The van der Waals surface area contributed by atoms with Gasteiger partial charge in [-0.05, 0) is 56.8 Å². The number of likely N-dealkylation sites (N-methyl/N-ethyl adjacent to an activating group) is 1. The first kappa shape index (κ1) is 13.7. The number of fused-ring (bicyclic) bond motifs is 3. The molecule has 100 valence electrons. The molecule has 18 heavy (non-hydrogen) atoms. The van der Waals surface area contributed by atoms with E-state index in [1.165, 1.54) is 24.9 Å². The van der Waals surface area contributed by atoms with Crippen LogP contribution in [0.5, 0.6) is 11.5 Å². The van der Waals surface area contributed by atoms with E-state index in [1.54, 1.807) is 6.07 Å². The van der Waals surface area contributed by atoms with E-state index in [1.807, 2.05) is 6.07 Å². The molecule has 0 bridgehead atoms. The third-order valence-corrected chi connectivity index (χ3v) is 4.44. The number of phenolic OH excluding ortho intramolecular Hbond substituents is 2. The van der Waals surface area contributed by atoms with E-state index in [2.05, 4.69) is 11.9 Å². The summed E-state index contributed by atoms with van der Waals surface area (Å²) in [4.78, 5) is 2.45.